The number of aryl methyl sites for hydroxylation is 1. The highest BCUT2D eigenvalue weighted by Crippen LogP contribution is 2.16. The van der Waals surface area contributed by atoms with Gasteiger partial charge < -0.3 is 0 Å². The summed E-state index contributed by atoms with van der Waals surface area (Å²) in [6.45, 7) is 1.77. The fourth-order valence-corrected chi connectivity index (χ4v) is 1.57. The SMILES string of the molecule is Cc1nccn1C(=O)c1ccccc1Cl. The predicted octanol–water partition coefficient (Wildman–Crippen LogP) is 2.53. The Hall–Kier alpha value is -1.61. The molecule has 0 atom stereocenters. The lowest BCUT2D eigenvalue weighted by atomic mass is 10.2. The highest BCUT2D eigenvalue weighted by molar-refractivity contribution is 6.33. The largest absolute Gasteiger partial charge is 0.270 e. The lowest BCUT2D eigenvalue weighted by Crippen LogP contribution is -2.13. The molecule has 0 bridgehead atoms. The molecule has 4 heteroatoms. The summed E-state index contributed by atoms with van der Waals surface area (Å²) in [6, 6.07) is 6.97. The molecule has 0 fully saturated rings. The summed E-state index contributed by atoms with van der Waals surface area (Å²) in [4.78, 5) is 16.0. The Balaban J connectivity index is 2.46. The first kappa shape index (κ1) is 9.93. The lowest BCUT2D eigenvalue weighted by Gasteiger charge is -2.04. The summed E-state index contributed by atoms with van der Waals surface area (Å²) < 4.78 is 1.47. The van der Waals surface area contributed by atoms with Gasteiger partial charge in [-0.15, -0.1) is 0 Å². The number of aromatic nitrogens is 2. The first-order valence-corrected chi connectivity index (χ1v) is 4.87. The van der Waals surface area contributed by atoms with Gasteiger partial charge in [-0.05, 0) is 19.1 Å². The van der Waals surface area contributed by atoms with Crippen molar-refractivity contribution in [2.24, 2.45) is 0 Å². The van der Waals surface area contributed by atoms with Crippen LogP contribution in [0.5, 0.6) is 0 Å². The third-order valence-corrected chi connectivity index (χ3v) is 2.48. The molecule has 0 unspecified atom stereocenters. The average molecular weight is 221 g/mol. The van der Waals surface area contributed by atoms with E-state index in [0.717, 1.165) is 0 Å². The molecule has 1 aromatic carbocycles. The van der Waals surface area contributed by atoms with Crippen LogP contribution < -0.4 is 0 Å². The lowest BCUT2D eigenvalue weighted by molar-refractivity contribution is 0.0958. The number of benzene rings is 1. The van der Waals surface area contributed by atoms with Crippen LogP contribution in [-0.2, 0) is 0 Å². The van der Waals surface area contributed by atoms with Gasteiger partial charge in [-0.25, -0.2) is 4.98 Å². The van der Waals surface area contributed by atoms with Gasteiger partial charge in [0.25, 0.3) is 5.91 Å². The Bertz CT molecular complexity index is 505. The van der Waals surface area contributed by atoms with Gasteiger partial charge in [0.15, 0.2) is 0 Å². The van der Waals surface area contributed by atoms with Gasteiger partial charge >= 0.3 is 0 Å². The summed E-state index contributed by atoms with van der Waals surface area (Å²) in [6.07, 6.45) is 3.21. The van der Waals surface area contributed by atoms with Crippen LogP contribution in [0.1, 0.15) is 16.2 Å². The Morgan fingerprint density at radius 2 is 2.13 bits per heavy atom. The molecule has 0 radical (unpaired) electrons. The number of nitrogens with zero attached hydrogens (tertiary/aromatic N) is 2. The zero-order valence-corrected chi connectivity index (χ0v) is 8.90. The maximum absolute atomic E-state index is 12.0. The molecule has 0 amide bonds. The highest BCUT2D eigenvalue weighted by Gasteiger charge is 2.12. The van der Waals surface area contributed by atoms with E-state index < -0.39 is 0 Å². The fraction of sp³-hybridized carbons (Fsp3) is 0.0909. The van der Waals surface area contributed by atoms with Crippen molar-refractivity contribution >= 4 is 17.5 Å². The zero-order chi connectivity index (χ0) is 10.8. The van der Waals surface area contributed by atoms with Crippen molar-refractivity contribution in [3.8, 4) is 0 Å². The molecule has 0 aliphatic heterocycles. The molecular formula is C11H9ClN2O. The van der Waals surface area contributed by atoms with E-state index in [0.29, 0.717) is 16.4 Å². The highest BCUT2D eigenvalue weighted by atomic mass is 35.5. The standard InChI is InChI=1S/C11H9ClN2O/c1-8-13-6-7-14(8)11(15)9-4-2-3-5-10(9)12/h2-7H,1H3. The molecule has 1 heterocycles. The number of rotatable bonds is 1. The monoisotopic (exact) mass is 220 g/mol. The fourth-order valence-electron chi connectivity index (χ4n) is 1.36. The van der Waals surface area contributed by atoms with Gasteiger partial charge in [-0.3, -0.25) is 9.36 Å². The smallest absolute Gasteiger partial charge is 0.264 e. The molecule has 0 spiro atoms. The molecule has 1 aromatic heterocycles. The molecule has 0 aliphatic carbocycles. The van der Waals surface area contributed by atoms with Crippen molar-refractivity contribution in [1.82, 2.24) is 9.55 Å². The van der Waals surface area contributed by atoms with Gasteiger partial charge in [-0.1, -0.05) is 23.7 Å². The summed E-state index contributed by atoms with van der Waals surface area (Å²) in [5, 5.41) is 0.454. The van der Waals surface area contributed by atoms with Crippen LogP contribution in [0.3, 0.4) is 0 Å². The van der Waals surface area contributed by atoms with Crippen molar-refractivity contribution in [2.45, 2.75) is 6.92 Å². The van der Waals surface area contributed by atoms with E-state index in [1.807, 2.05) is 0 Å². The van der Waals surface area contributed by atoms with Gasteiger partial charge in [-0.2, -0.15) is 0 Å². The van der Waals surface area contributed by atoms with E-state index in [2.05, 4.69) is 4.98 Å². The van der Waals surface area contributed by atoms with Crippen LogP contribution in [0.4, 0.5) is 0 Å². The minimum Gasteiger partial charge on any atom is -0.270 e. The van der Waals surface area contributed by atoms with Crippen molar-refractivity contribution < 1.29 is 4.79 Å². The predicted molar refractivity (Wildman–Crippen MR) is 58.1 cm³/mol. The molecule has 3 nitrogen and oxygen atoms in total. The van der Waals surface area contributed by atoms with Gasteiger partial charge in [0, 0.05) is 12.4 Å². The minimum absolute atomic E-state index is 0.157. The van der Waals surface area contributed by atoms with Gasteiger partial charge in [0.1, 0.15) is 5.82 Å². The Labute approximate surface area is 92.3 Å². The maximum Gasteiger partial charge on any atom is 0.264 e. The summed E-state index contributed by atoms with van der Waals surface area (Å²) in [7, 11) is 0. The van der Waals surface area contributed by atoms with E-state index in [1.165, 1.54) is 4.57 Å². The van der Waals surface area contributed by atoms with Crippen molar-refractivity contribution in [1.29, 1.82) is 0 Å². The first-order chi connectivity index (χ1) is 7.20. The maximum atomic E-state index is 12.0. The van der Waals surface area contributed by atoms with Crippen molar-refractivity contribution in [3.05, 3.63) is 53.1 Å². The number of carbonyl (C=O) groups excluding carboxylic acids is 1. The number of hydrogen-bond acceptors (Lipinski definition) is 2. The Kier molecular flexibility index (Phi) is 2.56. The van der Waals surface area contributed by atoms with E-state index in [-0.39, 0.29) is 5.91 Å². The van der Waals surface area contributed by atoms with Crippen LogP contribution in [0.15, 0.2) is 36.7 Å². The van der Waals surface area contributed by atoms with Crippen LogP contribution in [0.25, 0.3) is 0 Å². The molecule has 0 aliphatic rings. The number of carbonyl (C=O) groups is 1. The quantitative estimate of drug-likeness (QED) is 0.740. The number of hydrogen-bond donors (Lipinski definition) is 0. The van der Waals surface area contributed by atoms with Crippen LogP contribution >= 0.6 is 11.6 Å². The Morgan fingerprint density at radius 1 is 1.40 bits per heavy atom. The molecule has 76 valence electrons. The normalized spacial score (nSPS) is 10.3. The van der Waals surface area contributed by atoms with Crippen molar-refractivity contribution in [2.75, 3.05) is 0 Å². The number of imidazole rings is 1. The van der Waals surface area contributed by atoms with Gasteiger partial charge in [0.2, 0.25) is 0 Å². The average Bonchev–Trinajstić information content (AvgIpc) is 2.64. The molecule has 2 aromatic rings. The van der Waals surface area contributed by atoms with E-state index in [4.69, 9.17) is 11.6 Å². The molecular weight excluding hydrogens is 212 g/mol. The zero-order valence-electron chi connectivity index (χ0n) is 8.14. The molecule has 0 N–H and O–H groups in total. The van der Waals surface area contributed by atoms with E-state index in [9.17, 15) is 4.79 Å². The summed E-state index contributed by atoms with van der Waals surface area (Å²) in [5.74, 6) is 0.496. The van der Waals surface area contributed by atoms with Gasteiger partial charge in [0.05, 0.1) is 10.6 Å². The molecule has 2 rings (SSSR count). The second-order valence-corrected chi connectivity index (χ2v) is 3.54. The van der Waals surface area contributed by atoms with E-state index in [1.54, 1.807) is 43.6 Å². The van der Waals surface area contributed by atoms with Crippen LogP contribution in [0, 0.1) is 6.92 Å². The second kappa shape index (κ2) is 3.87. The molecule has 0 saturated heterocycles. The topological polar surface area (TPSA) is 34.9 Å². The third-order valence-electron chi connectivity index (χ3n) is 2.15. The van der Waals surface area contributed by atoms with Crippen molar-refractivity contribution in [3.63, 3.8) is 0 Å². The van der Waals surface area contributed by atoms with Crippen LogP contribution in [0.2, 0.25) is 5.02 Å². The first-order valence-electron chi connectivity index (χ1n) is 4.49. The summed E-state index contributed by atoms with van der Waals surface area (Å²) >= 11 is 5.93. The number of halogens is 1. The minimum atomic E-state index is -0.157. The Morgan fingerprint density at radius 3 is 2.73 bits per heavy atom. The third kappa shape index (κ3) is 1.78. The van der Waals surface area contributed by atoms with Crippen LogP contribution in [-0.4, -0.2) is 15.5 Å². The second-order valence-electron chi connectivity index (χ2n) is 3.13. The summed E-state index contributed by atoms with van der Waals surface area (Å²) in [5.41, 5.74) is 0.486. The molecule has 15 heavy (non-hydrogen) atoms. The molecule has 0 saturated carbocycles. The van der Waals surface area contributed by atoms with E-state index >= 15 is 0 Å².